The molecule has 1 nitrogen and oxygen atoms in total. The summed E-state index contributed by atoms with van der Waals surface area (Å²) >= 11 is 0. The van der Waals surface area contributed by atoms with Gasteiger partial charge in [0.2, 0.25) is 0 Å². The van der Waals surface area contributed by atoms with Gasteiger partial charge in [-0.05, 0) is 12.8 Å². The van der Waals surface area contributed by atoms with Gasteiger partial charge in [0.05, 0.1) is 6.61 Å². The summed E-state index contributed by atoms with van der Waals surface area (Å²) < 4.78 is 5.57. The average Bonchev–Trinajstić information content (AvgIpc) is 2.40. The van der Waals surface area contributed by atoms with Crippen molar-refractivity contribution in [2.45, 2.75) is 19.3 Å². The van der Waals surface area contributed by atoms with Gasteiger partial charge in [0.15, 0.2) is 0 Å². The Hall–Kier alpha value is -0.656. The number of hydrogen-bond donors (Lipinski definition) is 0. The Morgan fingerprint density at radius 1 is 1.11 bits per heavy atom. The van der Waals surface area contributed by atoms with Crippen molar-refractivity contribution in [3.63, 3.8) is 0 Å². The molecule has 0 aromatic heterocycles. The van der Waals surface area contributed by atoms with Crippen molar-refractivity contribution >= 4 is 0 Å². The third kappa shape index (κ3) is 3.21. The van der Waals surface area contributed by atoms with Gasteiger partial charge >= 0.3 is 0 Å². The van der Waals surface area contributed by atoms with E-state index in [0.29, 0.717) is 0 Å². The van der Waals surface area contributed by atoms with Crippen LogP contribution in [0.4, 0.5) is 0 Å². The molecule has 0 fully saturated rings. The second-order valence-electron chi connectivity index (χ2n) is 4.48. The summed E-state index contributed by atoms with van der Waals surface area (Å²) in [6.45, 7) is 0.835. The molecule has 1 aliphatic heterocycles. The molecule has 3 rings (SSSR count). The zero-order valence-electron chi connectivity index (χ0n) is 10.4. The number of benzene rings is 2. The van der Waals surface area contributed by atoms with E-state index < -0.39 is 0 Å². The molecule has 1 aliphatic rings. The standard InChI is InChI=1S/C16H15O.Y/c1-2-5-13(6-3-1)11-14-8-9-16-15(12-14)7-4-10-17-16;/h1-3,5-6,8,12H,4,7,10-11H2;/q-1;. The van der Waals surface area contributed by atoms with Gasteiger partial charge in [-0.1, -0.05) is 42.3 Å². The Labute approximate surface area is 133 Å². The first-order valence-electron chi connectivity index (χ1n) is 6.12. The third-order valence-corrected chi connectivity index (χ3v) is 3.13. The van der Waals surface area contributed by atoms with Crippen LogP contribution in [0.1, 0.15) is 23.1 Å². The topological polar surface area (TPSA) is 9.23 Å². The number of rotatable bonds is 2. The molecule has 0 saturated heterocycles. The summed E-state index contributed by atoms with van der Waals surface area (Å²) in [4.78, 5) is 0. The van der Waals surface area contributed by atoms with Crippen molar-refractivity contribution in [2.75, 3.05) is 6.61 Å². The maximum absolute atomic E-state index is 5.57. The SMILES string of the molecule is [Y].[c-]1cc(Cc2ccccc2)cc2c1OCCC2. The molecule has 2 aromatic carbocycles. The molecule has 1 radical (unpaired) electrons. The van der Waals surface area contributed by atoms with Crippen LogP contribution in [0.3, 0.4) is 0 Å². The molecule has 0 bridgehead atoms. The Kier molecular flexibility index (Phi) is 4.97. The van der Waals surface area contributed by atoms with Crippen LogP contribution >= 0.6 is 0 Å². The predicted octanol–water partition coefficient (Wildman–Crippen LogP) is 3.40. The van der Waals surface area contributed by atoms with Crippen LogP contribution in [-0.2, 0) is 45.6 Å². The summed E-state index contributed by atoms with van der Waals surface area (Å²) in [6.07, 6.45) is 3.22. The van der Waals surface area contributed by atoms with Crippen LogP contribution in [0.2, 0.25) is 0 Å². The van der Waals surface area contributed by atoms with E-state index >= 15 is 0 Å². The molecule has 0 atom stereocenters. The molecule has 1 heterocycles. The molecule has 2 heteroatoms. The molecular formula is C16H15OY-. The Morgan fingerprint density at radius 3 is 2.78 bits per heavy atom. The first-order valence-corrected chi connectivity index (χ1v) is 6.12. The van der Waals surface area contributed by atoms with Gasteiger partial charge in [0.25, 0.3) is 0 Å². The third-order valence-electron chi connectivity index (χ3n) is 3.13. The van der Waals surface area contributed by atoms with E-state index in [2.05, 4.69) is 48.5 Å². The molecule has 18 heavy (non-hydrogen) atoms. The van der Waals surface area contributed by atoms with Gasteiger partial charge < -0.3 is 4.74 Å². The van der Waals surface area contributed by atoms with Crippen LogP contribution in [0.5, 0.6) is 5.75 Å². The number of hydrogen-bond acceptors (Lipinski definition) is 1. The van der Waals surface area contributed by atoms with E-state index in [1.165, 1.54) is 16.7 Å². The van der Waals surface area contributed by atoms with Crippen molar-refractivity contribution in [1.29, 1.82) is 0 Å². The van der Waals surface area contributed by atoms with Crippen molar-refractivity contribution in [3.05, 3.63) is 65.2 Å². The second-order valence-corrected chi connectivity index (χ2v) is 4.48. The molecule has 0 N–H and O–H groups in total. The van der Waals surface area contributed by atoms with Crippen molar-refractivity contribution in [2.24, 2.45) is 0 Å². The fourth-order valence-electron chi connectivity index (χ4n) is 2.27. The molecular weight excluding hydrogens is 297 g/mol. The molecule has 0 spiro atoms. The van der Waals surface area contributed by atoms with E-state index in [0.717, 1.165) is 31.6 Å². The van der Waals surface area contributed by atoms with Crippen LogP contribution in [0, 0.1) is 6.07 Å². The summed E-state index contributed by atoms with van der Waals surface area (Å²) in [5, 5.41) is 0. The first-order chi connectivity index (χ1) is 8.42. The van der Waals surface area contributed by atoms with Crippen molar-refractivity contribution < 1.29 is 37.4 Å². The maximum atomic E-state index is 5.57. The van der Waals surface area contributed by atoms with E-state index in [1.807, 2.05) is 0 Å². The van der Waals surface area contributed by atoms with E-state index in [1.54, 1.807) is 0 Å². The minimum Gasteiger partial charge on any atom is -0.519 e. The van der Waals surface area contributed by atoms with E-state index in [4.69, 9.17) is 4.74 Å². The zero-order valence-corrected chi connectivity index (χ0v) is 13.2. The van der Waals surface area contributed by atoms with Gasteiger partial charge in [-0.3, -0.25) is 0 Å². The van der Waals surface area contributed by atoms with Crippen LogP contribution in [-0.4, -0.2) is 6.61 Å². The van der Waals surface area contributed by atoms with Gasteiger partial charge in [0, 0.05) is 38.5 Å². The van der Waals surface area contributed by atoms with Crippen molar-refractivity contribution in [3.8, 4) is 5.75 Å². The fraction of sp³-hybridized carbons (Fsp3) is 0.250. The Bertz CT molecular complexity index is 508. The molecule has 0 unspecified atom stereocenters. The summed E-state index contributed by atoms with van der Waals surface area (Å²) in [5.41, 5.74) is 3.97. The Morgan fingerprint density at radius 2 is 1.94 bits per heavy atom. The molecule has 2 aromatic rings. The quantitative estimate of drug-likeness (QED) is 0.772. The van der Waals surface area contributed by atoms with Gasteiger partial charge in [-0.2, -0.15) is 17.7 Å². The van der Waals surface area contributed by atoms with Gasteiger partial charge in [-0.25, -0.2) is 0 Å². The van der Waals surface area contributed by atoms with Gasteiger partial charge in [0.1, 0.15) is 0 Å². The van der Waals surface area contributed by atoms with Crippen molar-refractivity contribution in [1.82, 2.24) is 0 Å². The summed E-state index contributed by atoms with van der Waals surface area (Å²) in [7, 11) is 0. The first kappa shape index (κ1) is 13.8. The van der Waals surface area contributed by atoms with E-state index in [-0.39, 0.29) is 32.7 Å². The summed E-state index contributed by atoms with van der Waals surface area (Å²) in [6, 6.07) is 18.1. The second kappa shape index (κ2) is 6.49. The molecule has 89 valence electrons. The van der Waals surface area contributed by atoms with Crippen LogP contribution < -0.4 is 4.74 Å². The summed E-state index contributed by atoms with van der Waals surface area (Å²) in [5.74, 6) is 0.952. The molecule has 0 aliphatic carbocycles. The van der Waals surface area contributed by atoms with Crippen LogP contribution in [0.25, 0.3) is 0 Å². The van der Waals surface area contributed by atoms with E-state index in [9.17, 15) is 0 Å². The number of aryl methyl sites for hydroxylation is 1. The predicted molar refractivity (Wildman–Crippen MR) is 68.3 cm³/mol. The molecule has 0 saturated carbocycles. The fourth-order valence-corrected chi connectivity index (χ4v) is 2.27. The van der Waals surface area contributed by atoms with Crippen LogP contribution in [0.15, 0.2) is 42.5 Å². The normalized spacial score (nSPS) is 13.1. The minimum absolute atomic E-state index is 0. The Balaban J connectivity index is 0.00000120. The number of fused-ring (bicyclic) bond motifs is 1. The van der Waals surface area contributed by atoms with Gasteiger partial charge in [-0.15, -0.1) is 11.6 Å². The largest absolute Gasteiger partial charge is 0.519 e. The minimum atomic E-state index is 0. The zero-order chi connectivity index (χ0) is 11.5. The monoisotopic (exact) mass is 312 g/mol. The number of ether oxygens (including phenoxy) is 1. The maximum Gasteiger partial charge on any atom is 0.0844 e. The smallest absolute Gasteiger partial charge is 0.0844 e. The molecule has 0 amide bonds. The average molecular weight is 312 g/mol.